The van der Waals surface area contributed by atoms with Crippen LogP contribution in [0.3, 0.4) is 0 Å². The highest BCUT2D eigenvalue weighted by Crippen LogP contribution is 2.38. The smallest absolute Gasteiger partial charge is 0.369 e. The average molecular weight is 490 g/mol. The molecular formula is C25H22N4O7. The van der Waals surface area contributed by atoms with E-state index in [1.165, 1.54) is 29.2 Å². The summed E-state index contributed by atoms with van der Waals surface area (Å²) in [5.74, 6) is -3.81. The van der Waals surface area contributed by atoms with Crippen LogP contribution in [0, 0.1) is 10.1 Å². The first kappa shape index (κ1) is 23.2. The lowest BCUT2D eigenvalue weighted by atomic mass is 10.1. The third kappa shape index (κ3) is 4.31. The summed E-state index contributed by atoms with van der Waals surface area (Å²) in [6.45, 7) is 0.971. The Kier molecular flexibility index (Phi) is 5.98. The van der Waals surface area contributed by atoms with Gasteiger partial charge in [0.05, 0.1) is 10.6 Å². The molecular weight excluding hydrogens is 468 g/mol. The zero-order chi connectivity index (χ0) is 25.3. The van der Waals surface area contributed by atoms with Gasteiger partial charge in [-0.25, -0.2) is 19.3 Å². The lowest BCUT2D eigenvalue weighted by molar-refractivity contribution is -0.384. The number of esters is 2. The maximum Gasteiger partial charge on any atom is 0.369 e. The number of urea groups is 1. The van der Waals surface area contributed by atoms with Gasteiger partial charge in [0.2, 0.25) is 0 Å². The number of anilines is 1. The van der Waals surface area contributed by atoms with Crippen LogP contribution in [-0.4, -0.2) is 57.9 Å². The highest BCUT2D eigenvalue weighted by atomic mass is 16.8. The van der Waals surface area contributed by atoms with Crippen LogP contribution < -0.4 is 4.90 Å². The van der Waals surface area contributed by atoms with Crippen molar-refractivity contribution in [2.75, 3.05) is 18.0 Å². The Morgan fingerprint density at radius 1 is 0.972 bits per heavy atom. The van der Waals surface area contributed by atoms with Gasteiger partial charge in [-0.1, -0.05) is 42.5 Å². The van der Waals surface area contributed by atoms with E-state index in [9.17, 15) is 24.5 Å². The van der Waals surface area contributed by atoms with E-state index in [-0.39, 0.29) is 17.9 Å². The zero-order valence-corrected chi connectivity index (χ0v) is 19.1. The molecule has 5 rings (SSSR count). The van der Waals surface area contributed by atoms with E-state index in [0.29, 0.717) is 13.1 Å². The van der Waals surface area contributed by atoms with E-state index in [1.807, 2.05) is 42.5 Å². The first-order valence-corrected chi connectivity index (χ1v) is 11.3. The van der Waals surface area contributed by atoms with E-state index in [2.05, 4.69) is 4.90 Å². The fraction of sp³-hybridized carbons (Fsp3) is 0.240. The highest BCUT2D eigenvalue weighted by molar-refractivity contribution is 5.99. The molecule has 0 bridgehead atoms. The second kappa shape index (κ2) is 9.27. The van der Waals surface area contributed by atoms with Crippen molar-refractivity contribution in [2.45, 2.75) is 25.0 Å². The van der Waals surface area contributed by atoms with Crippen LogP contribution in [-0.2, 0) is 25.6 Å². The summed E-state index contributed by atoms with van der Waals surface area (Å²) in [6.07, 6.45) is 5.99. The maximum absolute atomic E-state index is 13.9. The van der Waals surface area contributed by atoms with Crippen molar-refractivity contribution >= 4 is 29.3 Å². The number of ether oxygens (including phenoxy) is 2. The summed E-state index contributed by atoms with van der Waals surface area (Å²) in [5.41, 5.74) is 1.05. The van der Waals surface area contributed by atoms with Gasteiger partial charge in [-0.3, -0.25) is 19.9 Å². The van der Waals surface area contributed by atoms with Crippen molar-refractivity contribution < 1.29 is 28.8 Å². The van der Waals surface area contributed by atoms with Crippen molar-refractivity contribution in [3.63, 3.8) is 0 Å². The number of benzene rings is 2. The lowest BCUT2D eigenvalue weighted by Crippen LogP contribution is -2.53. The van der Waals surface area contributed by atoms with Crippen molar-refractivity contribution in [3.8, 4) is 0 Å². The second-order valence-electron chi connectivity index (χ2n) is 8.49. The number of rotatable bonds is 5. The molecule has 2 aromatic carbocycles. The number of non-ortho nitro benzene ring substituents is 1. The minimum Gasteiger partial charge on any atom is -0.398 e. The Labute approximate surface area is 205 Å². The van der Waals surface area contributed by atoms with Gasteiger partial charge < -0.3 is 9.47 Å². The standard InChI is InChI=1S/C25H22N4O7/c30-22-13-14-23(31)36-25(35-22)17-27(24(32)28(25)19-9-11-20(12-10-19)29(33)34)21-8-4-5-15-26(21)16-18-6-2-1-3-7-18/h1-4,6-14,21H,5,15-17H2. The molecule has 2 aromatic rings. The van der Waals surface area contributed by atoms with Gasteiger partial charge in [0.15, 0.2) is 0 Å². The fourth-order valence-electron chi connectivity index (χ4n) is 4.56. The molecule has 1 atom stereocenters. The average Bonchev–Trinajstić information content (AvgIpc) is 3.05. The summed E-state index contributed by atoms with van der Waals surface area (Å²) < 4.78 is 11.1. The van der Waals surface area contributed by atoms with Crippen molar-refractivity contribution in [1.29, 1.82) is 0 Å². The third-order valence-electron chi connectivity index (χ3n) is 6.16. The maximum atomic E-state index is 13.9. The van der Waals surface area contributed by atoms with Crippen LogP contribution in [0.2, 0.25) is 0 Å². The first-order chi connectivity index (χ1) is 17.4. The van der Waals surface area contributed by atoms with Crippen molar-refractivity contribution in [1.82, 2.24) is 9.80 Å². The van der Waals surface area contributed by atoms with Gasteiger partial charge in [-0.15, -0.1) is 0 Å². The van der Waals surface area contributed by atoms with Crippen molar-refractivity contribution in [2.24, 2.45) is 0 Å². The molecule has 11 heteroatoms. The predicted molar refractivity (Wildman–Crippen MR) is 126 cm³/mol. The molecule has 0 N–H and O–H groups in total. The number of nitro groups is 1. The normalized spacial score (nSPS) is 21.4. The molecule has 3 aliphatic heterocycles. The Bertz CT molecular complexity index is 1240. The predicted octanol–water partition coefficient (Wildman–Crippen LogP) is 2.94. The molecule has 0 aromatic heterocycles. The molecule has 0 radical (unpaired) electrons. The number of nitrogens with zero attached hydrogens (tertiary/aromatic N) is 4. The third-order valence-corrected chi connectivity index (χ3v) is 6.16. The van der Waals surface area contributed by atoms with Crippen LogP contribution in [0.5, 0.6) is 0 Å². The molecule has 2 amide bonds. The van der Waals surface area contributed by atoms with E-state index < -0.39 is 35.0 Å². The highest BCUT2D eigenvalue weighted by Gasteiger charge is 2.59. The number of amides is 2. The molecule has 0 aliphatic carbocycles. The SMILES string of the molecule is O=C1C=CC(=O)OC2(CN(C3C=CCCN3Cc3ccccc3)C(=O)N2c2ccc([N+](=O)[O-])cc2)O1. The fourth-order valence-corrected chi connectivity index (χ4v) is 4.56. The van der Waals surface area contributed by atoms with Crippen LogP contribution in [0.25, 0.3) is 0 Å². The van der Waals surface area contributed by atoms with E-state index in [0.717, 1.165) is 29.0 Å². The van der Waals surface area contributed by atoms with Crippen LogP contribution in [0.15, 0.2) is 78.9 Å². The molecule has 36 heavy (non-hydrogen) atoms. The second-order valence-corrected chi connectivity index (χ2v) is 8.49. The molecule has 3 heterocycles. The summed E-state index contributed by atoms with van der Waals surface area (Å²) in [5, 5.41) is 11.1. The molecule has 1 unspecified atom stereocenters. The van der Waals surface area contributed by atoms with Gasteiger partial charge in [0, 0.05) is 37.4 Å². The monoisotopic (exact) mass is 490 g/mol. The van der Waals surface area contributed by atoms with Gasteiger partial charge >= 0.3 is 23.9 Å². The Morgan fingerprint density at radius 3 is 2.28 bits per heavy atom. The topological polar surface area (TPSA) is 123 Å². The molecule has 1 saturated heterocycles. The molecule has 184 valence electrons. The van der Waals surface area contributed by atoms with Crippen LogP contribution in [0.4, 0.5) is 16.2 Å². The van der Waals surface area contributed by atoms with Crippen LogP contribution in [0.1, 0.15) is 12.0 Å². The van der Waals surface area contributed by atoms with Gasteiger partial charge in [0.1, 0.15) is 12.7 Å². The van der Waals surface area contributed by atoms with Crippen molar-refractivity contribution in [3.05, 3.63) is 94.6 Å². The van der Waals surface area contributed by atoms with E-state index in [1.54, 1.807) is 0 Å². The number of hydrogen-bond acceptors (Lipinski definition) is 8. The quantitative estimate of drug-likeness (QED) is 0.271. The number of carbonyl (C=O) groups is 3. The van der Waals surface area contributed by atoms with Gasteiger partial charge in [-0.05, 0) is 24.1 Å². The lowest BCUT2D eigenvalue weighted by Gasteiger charge is -2.37. The molecule has 0 saturated carbocycles. The van der Waals surface area contributed by atoms with Gasteiger partial charge in [-0.2, -0.15) is 0 Å². The number of nitro benzene ring substituents is 1. The minimum absolute atomic E-state index is 0.171. The molecule has 11 nitrogen and oxygen atoms in total. The van der Waals surface area contributed by atoms with E-state index >= 15 is 0 Å². The zero-order valence-electron chi connectivity index (χ0n) is 19.1. The van der Waals surface area contributed by atoms with Gasteiger partial charge in [0.25, 0.3) is 5.69 Å². The first-order valence-electron chi connectivity index (χ1n) is 11.3. The molecule has 3 aliphatic rings. The largest absolute Gasteiger partial charge is 0.398 e. The molecule has 1 spiro atoms. The van der Waals surface area contributed by atoms with Crippen LogP contribution >= 0.6 is 0 Å². The van der Waals surface area contributed by atoms with E-state index in [4.69, 9.17) is 9.47 Å². The summed E-state index contributed by atoms with van der Waals surface area (Å²) in [7, 11) is 0. The summed E-state index contributed by atoms with van der Waals surface area (Å²) in [4.78, 5) is 53.8. The Balaban J connectivity index is 1.53. The Hall–Kier alpha value is -4.51. The minimum atomic E-state index is -2.09. The number of hydrogen-bond donors (Lipinski definition) is 0. The molecule has 1 fully saturated rings. The number of carbonyl (C=O) groups excluding carboxylic acids is 3. The summed E-state index contributed by atoms with van der Waals surface area (Å²) in [6, 6.07) is 14.3. The summed E-state index contributed by atoms with van der Waals surface area (Å²) >= 11 is 0. The Morgan fingerprint density at radius 2 is 1.64 bits per heavy atom.